The normalized spacial score (nSPS) is 11.4. The largest absolute Gasteiger partial charge is 0.494 e. The molecule has 0 spiro atoms. The SMILES string of the molecule is CCOc1ccc(S(=O)(=O)N(CC(=O)N/N=C(/C)c2cccc(NC(=O)c3ccccc3)c2)c2ccccc2)cc1. The van der Waals surface area contributed by atoms with Crippen LogP contribution in [0.25, 0.3) is 0 Å². The highest BCUT2D eigenvalue weighted by molar-refractivity contribution is 7.92. The summed E-state index contributed by atoms with van der Waals surface area (Å²) in [6.07, 6.45) is 0. The number of rotatable bonds is 11. The Balaban J connectivity index is 1.48. The van der Waals surface area contributed by atoms with Crippen molar-refractivity contribution in [2.45, 2.75) is 18.7 Å². The van der Waals surface area contributed by atoms with Crippen LogP contribution in [0.2, 0.25) is 0 Å². The summed E-state index contributed by atoms with van der Waals surface area (Å²) >= 11 is 0. The molecule has 4 aromatic carbocycles. The Morgan fingerprint density at radius 2 is 1.46 bits per heavy atom. The summed E-state index contributed by atoms with van der Waals surface area (Å²) in [6.45, 7) is 3.49. The van der Waals surface area contributed by atoms with Crippen LogP contribution in [0.5, 0.6) is 5.75 Å². The summed E-state index contributed by atoms with van der Waals surface area (Å²) in [5, 5.41) is 7.02. The van der Waals surface area contributed by atoms with Crippen LogP contribution in [0.15, 0.2) is 119 Å². The lowest BCUT2D eigenvalue weighted by molar-refractivity contribution is -0.119. The molecule has 0 saturated heterocycles. The van der Waals surface area contributed by atoms with Gasteiger partial charge >= 0.3 is 0 Å². The smallest absolute Gasteiger partial charge is 0.264 e. The fraction of sp³-hybridized carbons (Fsp3) is 0.129. The number of carbonyl (C=O) groups excluding carboxylic acids is 2. The molecule has 0 aliphatic carbocycles. The van der Waals surface area contributed by atoms with Crippen molar-refractivity contribution in [1.29, 1.82) is 0 Å². The summed E-state index contributed by atoms with van der Waals surface area (Å²) in [7, 11) is -4.08. The van der Waals surface area contributed by atoms with Gasteiger partial charge in [-0.25, -0.2) is 13.8 Å². The van der Waals surface area contributed by atoms with E-state index in [2.05, 4.69) is 15.8 Å². The quantitative estimate of drug-likeness (QED) is 0.193. The van der Waals surface area contributed by atoms with Crippen LogP contribution in [0, 0.1) is 0 Å². The lowest BCUT2D eigenvalue weighted by Crippen LogP contribution is -2.39. The lowest BCUT2D eigenvalue weighted by Gasteiger charge is -2.23. The first-order valence-electron chi connectivity index (χ1n) is 12.9. The lowest BCUT2D eigenvalue weighted by atomic mass is 10.1. The van der Waals surface area contributed by atoms with Crippen molar-refractivity contribution in [2.24, 2.45) is 5.10 Å². The average Bonchev–Trinajstić information content (AvgIpc) is 3.00. The number of ether oxygens (including phenoxy) is 1. The Hall–Kier alpha value is -4.96. The van der Waals surface area contributed by atoms with E-state index in [1.54, 1.807) is 97.9 Å². The molecule has 10 heteroatoms. The van der Waals surface area contributed by atoms with Crippen molar-refractivity contribution in [3.05, 3.63) is 120 Å². The van der Waals surface area contributed by atoms with E-state index in [1.807, 2.05) is 13.0 Å². The zero-order valence-electron chi connectivity index (χ0n) is 22.7. The molecule has 0 saturated carbocycles. The first-order valence-corrected chi connectivity index (χ1v) is 14.3. The molecule has 0 aliphatic rings. The minimum atomic E-state index is -4.08. The number of anilines is 2. The second-order valence-electron chi connectivity index (χ2n) is 8.88. The second kappa shape index (κ2) is 13.4. The topological polar surface area (TPSA) is 117 Å². The van der Waals surface area contributed by atoms with Gasteiger partial charge < -0.3 is 10.1 Å². The van der Waals surface area contributed by atoms with Crippen LogP contribution in [-0.4, -0.2) is 39.1 Å². The van der Waals surface area contributed by atoms with Crippen molar-refractivity contribution in [3.63, 3.8) is 0 Å². The molecule has 41 heavy (non-hydrogen) atoms. The maximum absolute atomic E-state index is 13.6. The molecule has 0 atom stereocenters. The highest BCUT2D eigenvalue weighted by Crippen LogP contribution is 2.25. The number of carbonyl (C=O) groups is 2. The van der Waals surface area contributed by atoms with Gasteiger partial charge in [0.1, 0.15) is 12.3 Å². The molecule has 9 nitrogen and oxygen atoms in total. The Kier molecular flexibility index (Phi) is 9.49. The number of benzene rings is 4. The minimum Gasteiger partial charge on any atom is -0.494 e. The molecule has 210 valence electrons. The monoisotopic (exact) mass is 570 g/mol. The molecule has 0 unspecified atom stereocenters. The fourth-order valence-corrected chi connectivity index (χ4v) is 5.32. The summed E-state index contributed by atoms with van der Waals surface area (Å²) in [6, 6.07) is 30.3. The third-order valence-corrected chi connectivity index (χ3v) is 7.76. The maximum atomic E-state index is 13.6. The van der Waals surface area contributed by atoms with Crippen LogP contribution in [0.3, 0.4) is 0 Å². The number of nitrogens with zero attached hydrogens (tertiary/aromatic N) is 2. The van der Waals surface area contributed by atoms with Gasteiger partial charge in [-0.3, -0.25) is 13.9 Å². The van der Waals surface area contributed by atoms with Gasteiger partial charge in [-0.05, 0) is 80.1 Å². The zero-order valence-corrected chi connectivity index (χ0v) is 23.5. The molecule has 0 aliphatic heterocycles. The standard InChI is InChI=1S/C31H30N4O5S/c1-3-40-28-17-19-29(20-18-28)41(38,39)35(27-15-8-5-9-16-27)22-30(36)34-33-23(2)25-13-10-14-26(21-25)32-31(37)24-11-6-4-7-12-24/h4-21H,3,22H2,1-2H3,(H,32,37)(H,34,36)/b33-23-. The summed E-state index contributed by atoms with van der Waals surface area (Å²) in [4.78, 5) is 25.5. The molecule has 4 rings (SSSR count). The minimum absolute atomic E-state index is 0.0200. The highest BCUT2D eigenvalue weighted by Gasteiger charge is 2.27. The van der Waals surface area contributed by atoms with Crippen LogP contribution < -0.4 is 19.8 Å². The maximum Gasteiger partial charge on any atom is 0.264 e. The molecule has 2 amide bonds. The predicted octanol–water partition coefficient (Wildman–Crippen LogP) is 5.07. The van der Waals surface area contributed by atoms with Gasteiger partial charge in [0, 0.05) is 11.3 Å². The number of para-hydroxylation sites is 1. The van der Waals surface area contributed by atoms with Crippen LogP contribution in [0.1, 0.15) is 29.8 Å². The Morgan fingerprint density at radius 3 is 2.12 bits per heavy atom. The highest BCUT2D eigenvalue weighted by atomic mass is 32.2. The zero-order chi connectivity index (χ0) is 29.2. The molecule has 0 fully saturated rings. The Morgan fingerprint density at radius 1 is 0.829 bits per heavy atom. The number of hydrazone groups is 1. The van der Waals surface area contributed by atoms with E-state index in [4.69, 9.17) is 4.74 Å². The van der Waals surface area contributed by atoms with E-state index in [-0.39, 0.29) is 10.8 Å². The van der Waals surface area contributed by atoms with Crippen molar-refractivity contribution >= 4 is 38.9 Å². The fourth-order valence-electron chi connectivity index (χ4n) is 3.90. The van der Waals surface area contributed by atoms with Crippen molar-refractivity contribution in [3.8, 4) is 5.75 Å². The Bertz CT molecular complexity index is 1620. The number of amides is 2. The molecular formula is C31H30N4O5S. The van der Waals surface area contributed by atoms with Crippen LogP contribution in [-0.2, 0) is 14.8 Å². The molecule has 0 radical (unpaired) electrons. The van der Waals surface area contributed by atoms with Gasteiger partial charge in [-0.15, -0.1) is 0 Å². The van der Waals surface area contributed by atoms with E-state index >= 15 is 0 Å². The number of nitrogens with one attached hydrogen (secondary N) is 2. The van der Waals surface area contributed by atoms with Crippen LogP contribution >= 0.6 is 0 Å². The average molecular weight is 571 g/mol. The molecule has 0 heterocycles. The molecule has 0 bridgehead atoms. The van der Waals surface area contributed by atoms with E-state index in [0.29, 0.717) is 40.6 Å². The Labute approximate surface area is 239 Å². The van der Waals surface area contributed by atoms with Gasteiger partial charge in [0.2, 0.25) is 0 Å². The summed E-state index contributed by atoms with van der Waals surface area (Å²) in [5.41, 5.74) is 5.01. The number of sulfonamides is 1. The molecular weight excluding hydrogens is 540 g/mol. The van der Waals surface area contributed by atoms with Gasteiger partial charge in [-0.2, -0.15) is 5.10 Å². The molecule has 0 aromatic heterocycles. The first kappa shape index (κ1) is 29.0. The number of hydrogen-bond donors (Lipinski definition) is 2. The number of hydrogen-bond acceptors (Lipinski definition) is 6. The van der Waals surface area contributed by atoms with Crippen molar-refractivity contribution in [2.75, 3.05) is 22.8 Å². The summed E-state index contributed by atoms with van der Waals surface area (Å²) in [5.74, 6) is -0.333. The molecule has 2 N–H and O–H groups in total. The van der Waals surface area contributed by atoms with Gasteiger partial charge in [0.15, 0.2) is 0 Å². The first-order chi connectivity index (χ1) is 19.8. The van der Waals surface area contributed by atoms with Crippen LogP contribution in [0.4, 0.5) is 11.4 Å². The van der Waals surface area contributed by atoms with Crippen molar-refractivity contribution in [1.82, 2.24) is 5.43 Å². The van der Waals surface area contributed by atoms with E-state index < -0.39 is 22.5 Å². The van der Waals surface area contributed by atoms with Gasteiger partial charge in [0.05, 0.1) is 22.9 Å². The van der Waals surface area contributed by atoms with E-state index in [0.717, 1.165) is 4.31 Å². The second-order valence-corrected chi connectivity index (χ2v) is 10.7. The third-order valence-electron chi connectivity index (χ3n) is 5.98. The summed E-state index contributed by atoms with van der Waals surface area (Å²) < 4.78 is 33.6. The van der Waals surface area contributed by atoms with Gasteiger partial charge in [-0.1, -0.05) is 48.5 Å². The van der Waals surface area contributed by atoms with Gasteiger partial charge in [0.25, 0.3) is 21.8 Å². The van der Waals surface area contributed by atoms with E-state index in [1.165, 1.54) is 12.1 Å². The van der Waals surface area contributed by atoms with Crippen molar-refractivity contribution < 1.29 is 22.7 Å². The van der Waals surface area contributed by atoms with E-state index in [9.17, 15) is 18.0 Å². The predicted molar refractivity (Wildman–Crippen MR) is 160 cm³/mol. The molecule has 4 aromatic rings. The third kappa shape index (κ3) is 7.58.